The molecule has 0 unspecified atom stereocenters. The Morgan fingerprint density at radius 3 is 2.23 bits per heavy atom. The lowest BCUT2D eigenvalue weighted by Crippen LogP contribution is -2.38. The first-order valence-electron chi connectivity index (χ1n) is 10.2. The number of aromatic nitrogens is 3. The van der Waals surface area contributed by atoms with Crippen LogP contribution >= 0.6 is 0 Å². The van der Waals surface area contributed by atoms with E-state index in [0.717, 1.165) is 31.5 Å². The Bertz CT molecular complexity index is 1000. The van der Waals surface area contributed by atoms with Crippen molar-refractivity contribution >= 4 is 5.91 Å². The van der Waals surface area contributed by atoms with Crippen molar-refractivity contribution in [2.45, 2.75) is 37.6 Å². The Kier molecular flexibility index (Phi) is 5.44. The second-order valence-corrected chi connectivity index (χ2v) is 7.81. The number of ether oxygens (including phenoxy) is 3. The summed E-state index contributed by atoms with van der Waals surface area (Å²) in [6.07, 6.45) is 3.61. The molecular formula is C21H28N4O5. The minimum atomic E-state index is -0.105. The first-order valence-corrected chi connectivity index (χ1v) is 10.2. The number of benzene rings is 1. The molecule has 162 valence electrons. The lowest BCUT2D eigenvalue weighted by Gasteiger charge is -2.32. The normalized spacial score (nSPS) is 17.1. The third-order valence-corrected chi connectivity index (χ3v) is 5.98. The van der Waals surface area contributed by atoms with E-state index in [1.807, 2.05) is 9.47 Å². The summed E-state index contributed by atoms with van der Waals surface area (Å²) in [5.74, 6) is 2.22. The quantitative estimate of drug-likeness (QED) is 0.715. The van der Waals surface area contributed by atoms with Gasteiger partial charge >= 0.3 is 5.69 Å². The van der Waals surface area contributed by atoms with Crippen LogP contribution < -0.4 is 19.9 Å². The van der Waals surface area contributed by atoms with E-state index in [0.29, 0.717) is 35.9 Å². The third-order valence-electron chi connectivity index (χ3n) is 5.98. The molecule has 2 heterocycles. The first-order chi connectivity index (χ1) is 14.5. The van der Waals surface area contributed by atoms with Crippen molar-refractivity contribution in [3.8, 4) is 17.2 Å². The Balaban J connectivity index is 1.52. The van der Waals surface area contributed by atoms with Crippen molar-refractivity contribution in [3.63, 3.8) is 0 Å². The average molecular weight is 416 g/mol. The molecule has 1 amide bonds. The van der Waals surface area contributed by atoms with Crippen LogP contribution in [-0.2, 0) is 7.05 Å². The number of carbonyl (C=O) groups excluding carboxylic acids is 1. The highest BCUT2D eigenvalue weighted by Gasteiger charge is 2.35. The number of hydrogen-bond acceptors (Lipinski definition) is 6. The number of nitrogens with zero attached hydrogens (tertiary/aromatic N) is 4. The number of aryl methyl sites for hydroxylation is 1. The summed E-state index contributed by atoms with van der Waals surface area (Å²) < 4.78 is 19.5. The van der Waals surface area contributed by atoms with Crippen LogP contribution in [0.1, 0.15) is 53.8 Å². The highest BCUT2D eigenvalue weighted by Crippen LogP contribution is 2.41. The summed E-state index contributed by atoms with van der Waals surface area (Å²) in [4.78, 5) is 27.4. The fraction of sp³-hybridized carbons (Fsp3) is 0.571. The monoisotopic (exact) mass is 416 g/mol. The zero-order chi connectivity index (χ0) is 21.4. The number of carbonyl (C=O) groups is 1. The van der Waals surface area contributed by atoms with Gasteiger partial charge in [-0.05, 0) is 37.8 Å². The van der Waals surface area contributed by atoms with Crippen LogP contribution in [0.2, 0.25) is 0 Å². The molecule has 2 aromatic rings. The predicted octanol–water partition coefficient (Wildman–Crippen LogP) is 1.96. The van der Waals surface area contributed by atoms with Crippen molar-refractivity contribution in [2.24, 2.45) is 7.05 Å². The SMILES string of the molecule is COc1ccc(C(=O)N2CCC(c3nn(C)c(=O)n3C3CC3)CC2)c(OC)c1OC. The molecule has 4 rings (SSSR count). The van der Waals surface area contributed by atoms with Gasteiger partial charge in [0.15, 0.2) is 11.5 Å². The minimum Gasteiger partial charge on any atom is -0.493 e. The zero-order valence-corrected chi connectivity index (χ0v) is 17.9. The second-order valence-electron chi connectivity index (χ2n) is 7.81. The number of rotatable bonds is 6. The topological polar surface area (TPSA) is 87.8 Å². The van der Waals surface area contributed by atoms with E-state index >= 15 is 0 Å². The molecule has 1 aromatic heterocycles. The maximum atomic E-state index is 13.2. The largest absolute Gasteiger partial charge is 0.493 e. The van der Waals surface area contributed by atoms with E-state index in [1.165, 1.54) is 18.9 Å². The van der Waals surface area contributed by atoms with Crippen molar-refractivity contribution in [1.29, 1.82) is 0 Å². The van der Waals surface area contributed by atoms with Gasteiger partial charge < -0.3 is 19.1 Å². The summed E-state index contributed by atoms with van der Waals surface area (Å²) in [6, 6.07) is 3.71. The van der Waals surface area contributed by atoms with Crippen LogP contribution in [0.5, 0.6) is 17.2 Å². The summed E-state index contributed by atoms with van der Waals surface area (Å²) in [5.41, 5.74) is 0.405. The third kappa shape index (κ3) is 3.42. The molecule has 30 heavy (non-hydrogen) atoms. The van der Waals surface area contributed by atoms with Gasteiger partial charge in [-0.1, -0.05) is 0 Å². The molecule has 1 aliphatic carbocycles. The van der Waals surface area contributed by atoms with Crippen LogP contribution in [0.25, 0.3) is 0 Å². The molecule has 0 atom stereocenters. The lowest BCUT2D eigenvalue weighted by atomic mass is 9.95. The molecular weight excluding hydrogens is 388 g/mol. The average Bonchev–Trinajstić information content (AvgIpc) is 3.57. The second kappa shape index (κ2) is 8.04. The molecule has 0 spiro atoms. The number of hydrogen-bond donors (Lipinski definition) is 0. The van der Waals surface area contributed by atoms with Gasteiger partial charge in [0.05, 0.1) is 26.9 Å². The van der Waals surface area contributed by atoms with Gasteiger partial charge in [0.1, 0.15) is 5.82 Å². The smallest absolute Gasteiger partial charge is 0.345 e. The van der Waals surface area contributed by atoms with Gasteiger partial charge in [0.25, 0.3) is 5.91 Å². The summed E-state index contributed by atoms with van der Waals surface area (Å²) in [6.45, 7) is 1.19. The van der Waals surface area contributed by atoms with Crippen molar-refractivity contribution in [3.05, 3.63) is 34.0 Å². The molecule has 0 bridgehead atoms. The fourth-order valence-electron chi connectivity index (χ4n) is 4.23. The van der Waals surface area contributed by atoms with Gasteiger partial charge in [-0.2, -0.15) is 5.10 Å². The highest BCUT2D eigenvalue weighted by atomic mass is 16.5. The van der Waals surface area contributed by atoms with Gasteiger partial charge in [0.2, 0.25) is 5.75 Å². The van der Waals surface area contributed by atoms with Crippen LogP contribution in [0.4, 0.5) is 0 Å². The molecule has 1 saturated carbocycles. The molecule has 9 heteroatoms. The predicted molar refractivity (Wildman–Crippen MR) is 110 cm³/mol. The molecule has 2 fully saturated rings. The van der Waals surface area contributed by atoms with E-state index < -0.39 is 0 Å². The fourth-order valence-corrected chi connectivity index (χ4v) is 4.23. The van der Waals surface area contributed by atoms with Gasteiger partial charge in [-0.15, -0.1) is 0 Å². The number of likely N-dealkylation sites (tertiary alicyclic amines) is 1. The Hall–Kier alpha value is -2.97. The van der Waals surface area contributed by atoms with E-state index in [1.54, 1.807) is 26.3 Å². The number of methoxy groups -OCH3 is 3. The summed E-state index contributed by atoms with van der Waals surface area (Å²) >= 11 is 0. The van der Waals surface area contributed by atoms with Crippen LogP contribution in [0.15, 0.2) is 16.9 Å². The summed E-state index contributed by atoms with van der Waals surface area (Å²) in [7, 11) is 6.28. The lowest BCUT2D eigenvalue weighted by molar-refractivity contribution is 0.0706. The van der Waals surface area contributed by atoms with Crippen molar-refractivity contribution < 1.29 is 19.0 Å². The van der Waals surface area contributed by atoms with Gasteiger partial charge in [0, 0.05) is 32.1 Å². The maximum Gasteiger partial charge on any atom is 0.345 e. The minimum absolute atomic E-state index is 0.0407. The van der Waals surface area contributed by atoms with Crippen molar-refractivity contribution in [2.75, 3.05) is 34.4 Å². The Labute approximate surface area is 175 Å². The zero-order valence-electron chi connectivity index (χ0n) is 17.9. The molecule has 1 aliphatic heterocycles. The molecule has 0 N–H and O–H groups in total. The Morgan fingerprint density at radius 1 is 1.00 bits per heavy atom. The standard InChI is InChI=1S/C21H28N4O5/c1-23-21(27)25(14-5-6-14)19(22-23)13-9-11-24(12-10-13)20(26)15-7-8-16(28-2)18(30-4)17(15)29-3/h7-8,13-14H,5-6,9-12H2,1-4H3. The number of piperidine rings is 1. The van der Waals surface area contributed by atoms with E-state index in [4.69, 9.17) is 14.2 Å². The Morgan fingerprint density at radius 2 is 1.67 bits per heavy atom. The van der Waals surface area contributed by atoms with E-state index in [-0.39, 0.29) is 23.6 Å². The van der Waals surface area contributed by atoms with Crippen molar-refractivity contribution in [1.82, 2.24) is 19.2 Å². The van der Waals surface area contributed by atoms with Gasteiger partial charge in [-0.3, -0.25) is 9.36 Å². The van der Waals surface area contributed by atoms with Crippen LogP contribution in [0.3, 0.4) is 0 Å². The maximum absolute atomic E-state index is 13.2. The van der Waals surface area contributed by atoms with Crippen LogP contribution in [0, 0.1) is 0 Å². The molecule has 1 saturated heterocycles. The molecule has 1 aromatic carbocycles. The molecule has 9 nitrogen and oxygen atoms in total. The van der Waals surface area contributed by atoms with E-state index in [2.05, 4.69) is 5.10 Å². The highest BCUT2D eigenvalue weighted by molar-refractivity contribution is 5.98. The number of amides is 1. The van der Waals surface area contributed by atoms with E-state index in [9.17, 15) is 9.59 Å². The van der Waals surface area contributed by atoms with Gasteiger partial charge in [-0.25, -0.2) is 9.48 Å². The van der Waals surface area contributed by atoms with Crippen LogP contribution in [-0.4, -0.2) is 59.6 Å². The summed E-state index contributed by atoms with van der Waals surface area (Å²) in [5, 5.41) is 4.51. The molecule has 0 radical (unpaired) electrons. The first kappa shape index (κ1) is 20.3. The molecule has 2 aliphatic rings.